The third-order valence-electron chi connectivity index (χ3n) is 3.07. The van der Waals surface area contributed by atoms with Gasteiger partial charge < -0.3 is 10.1 Å². The fourth-order valence-electron chi connectivity index (χ4n) is 1.90. The monoisotopic (exact) mass is 270 g/mol. The molecule has 3 nitrogen and oxygen atoms in total. The Balaban J connectivity index is 2.29. The molecule has 0 amide bonds. The number of para-hydroxylation sites is 2. The number of nitriles is 1. The molecule has 0 radical (unpaired) electrons. The summed E-state index contributed by atoms with van der Waals surface area (Å²) >= 11 is 0. The minimum Gasteiger partial charge on any atom is -0.495 e. The Hall–Kier alpha value is -2.54. The van der Waals surface area contributed by atoms with Crippen LogP contribution in [-0.2, 0) is 0 Å². The summed E-state index contributed by atoms with van der Waals surface area (Å²) in [4.78, 5) is 0. The predicted molar refractivity (Wildman–Crippen MR) is 76.1 cm³/mol. The molecule has 0 aliphatic rings. The lowest BCUT2D eigenvalue weighted by molar-refractivity contribution is 0.416. The van der Waals surface area contributed by atoms with Gasteiger partial charge in [0.15, 0.2) is 0 Å². The normalized spacial score (nSPS) is 11.5. The lowest BCUT2D eigenvalue weighted by Crippen LogP contribution is -2.09. The van der Waals surface area contributed by atoms with Gasteiger partial charge in [0.1, 0.15) is 17.6 Å². The van der Waals surface area contributed by atoms with E-state index in [0.29, 0.717) is 22.6 Å². The van der Waals surface area contributed by atoms with E-state index in [0.717, 1.165) is 0 Å². The molecule has 1 atom stereocenters. The third-order valence-corrected chi connectivity index (χ3v) is 3.07. The van der Waals surface area contributed by atoms with E-state index in [1.54, 1.807) is 32.2 Å². The Morgan fingerprint density at radius 2 is 2.00 bits per heavy atom. The molecule has 20 heavy (non-hydrogen) atoms. The van der Waals surface area contributed by atoms with Gasteiger partial charge in [0.05, 0.1) is 18.9 Å². The van der Waals surface area contributed by atoms with Crippen molar-refractivity contribution in [3.8, 4) is 11.8 Å². The van der Waals surface area contributed by atoms with Gasteiger partial charge in [-0.3, -0.25) is 0 Å². The zero-order chi connectivity index (χ0) is 14.5. The quantitative estimate of drug-likeness (QED) is 0.918. The molecule has 102 valence electrons. The van der Waals surface area contributed by atoms with Crippen LogP contribution in [0.15, 0.2) is 42.5 Å². The molecule has 0 fully saturated rings. The van der Waals surface area contributed by atoms with Gasteiger partial charge >= 0.3 is 0 Å². The first-order chi connectivity index (χ1) is 9.65. The van der Waals surface area contributed by atoms with Crippen molar-refractivity contribution in [3.05, 3.63) is 59.4 Å². The first-order valence-electron chi connectivity index (χ1n) is 6.21. The first kappa shape index (κ1) is 13.9. The standard InChI is InChI=1S/C16H15FN2O/c1-11-7-8-12(9-13(11)17)15(10-18)19-14-5-3-4-6-16(14)20-2/h3-9,15,19H,1-2H3. The van der Waals surface area contributed by atoms with Crippen LogP contribution in [0, 0.1) is 24.1 Å². The zero-order valence-corrected chi connectivity index (χ0v) is 11.4. The predicted octanol–water partition coefficient (Wildman–Crippen LogP) is 3.82. The van der Waals surface area contributed by atoms with Gasteiger partial charge in [-0.2, -0.15) is 5.26 Å². The summed E-state index contributed by atoms with van der Waals surface area (Å²) in [5.74, 6) is 0.324. The van der Waals surface area contributed by atoms with Crippen molar-refractivity contribution in [2.75, 3.05) is 12.4 Å². The molecule has 4 heteroatoms. The molecule has 0 aromatic heterocycles. The van der Waals surface area contributed by atoms with Crippen LogP contribution in [-0.4, -0.2) is 7.11 Å². The average Bonchev–Trinajstić information content (AvgIpc) is 2.48. The van der Waals surface area contributed by atoms with E-state index in [1.165, 1.54) is 6.07 Å². The number of hydrogen-bond donors (Lipinski definition) is 1. The van der Waals surface area contributed by atoms with Crippen molar-refractivity contribution in [1.82, 2.24) is 0 Å². The molecule has 1 N–H and O–H groups in total. The molecule has 0 heterocycles. The van der Waals surface area contributed by atoms with E-state index in [4.69, 9.17) is 4.74 Å². The number of ether oxygens (including phenoxy) is 1. The second-order valence-electron chi connectivity index (χ2n) is 4.42. The van der Waals surface area contributed by atoms with E-state index < -0.39 is 6.04 Å². The van der Waals surface area contributed by atoms with Gasteiger partial charge in [0.2, 0.25) is 0 Å². The number of anilines is 1. The Bertz CT molecular complexity index is 649. The van der Waals surface area contributed by atoms with Crippen molar-refractivity contribution in [1.29, 1.82) is 5.26 Å². The summed E-state index contributed by atoms with van der Waals surface area (Å²) in [5, 5.41) is 12.3. The Kier molecular flexibility index (Phi) is 4.21. The maximum Gasteiger partial charge on any atom is 0.141 e. The molecule has 0 saturated carbocycles. The highest BCUT2D eigenvalue weighted by molar-refractivity contribution is 5.58. The third kappa shape index (κ3) is 2.89. The number of rotatable bonds is 4. The average molecular weight is 270 g/mol. The number of nitrogens with one attached hydrogen (secondary N) is 1. The van der Waals surface area contributed by atoms with Crippen molar-refractivity contribution in [3.63, 3.8) is 0 Å². The van der Waals surface area contributed by atoms with Gasteiger partial charge in [-0.05, 0) is 36.2 Å². The first-order valence-corrected chi connectivity index (χ1v) is 6.21. The Morgan fingerprint density at radius 1 is 1.25 bits per heavy atom. The molecule has 2 aromatic rings. The lowest BCUT2D eigenvalue weighted by Gasteiger charge is -2.16. The topological polar surface area (TPSA) is 45.0 Å². The minimum atomic E-state index is -0.638. The second kappa shape index (κ2) is 6.07. The van der Waals surface area contributed by atoms with E-state index in [1.807, 2.05) is 18.2 Å². The van der Waals surface area contributed by atoms with Crippen molar-refractivity contribution < 1.29 is 9.13 Å². The molecule has 0 saturated heterocycles. The van der Waals surface area contributed by atoms with Crippen LogP contribution in [0.3, 0.4) is 0 Å². The fourth-order valence-corrected chi connectivity index (χ4v) is 1.90. The molecular formula is C16H15FN2O. The molecule has 1 unspecified atom stereocenters. The summed E-state index contributed by atoms with van der Waals surface area (Å²) in [6.45, 7) is 1.69. The molecule has 0 aliphatic heterocycles. The molecule has 0 spiro atoms. The Labute approximate surface area is 117 Å². The molecule has 2 aromatic carbocycles. The smallest absolute Gasteiger partial charge is 0.141 e. The summed E-state index contributed by atoms with van der Waals surface area (Å²) < 4.78 is 18.8. The minimum absolute atomic E-state index is 0.315. The fraction of sp³-hybridized carbons (Fsp3) is 0.188. The molecule has 0 aliphatic carbocycles. The van der Waals surface area contributed by atoms with Crippen LogP contribution < -0.4 is 10.1 Å². The van der Waals surface area contributed by atoms with Crippen LogP contribution in [0.2, 0.25) is 0 Å². The maximum atomic E-state index is 13.6. The Morgan fingerprint density at radius 3 is 2.65 bits per heavy atom. The van der Waals surface area contributed by atoms with E-state index in [-0.39, 0.29) is 5.82 Å². The van der Waals surface area contributed by atoms with Crippen molar-refractivity contribution in [2.24, 2.45) is 0 Å². The molecular weight excluding hydrogens is 255 g/mol. The number of nitrogens with zero attached hydrogens (tertiary/aromatic N) is 1. The van der Waals surface area contributed by atoms with Gasteiger partial charge in [-0.15, -0.1) is 0 Å². The number of methoxy groups -OCH3 is 1. The SMILES string of the molecule is COc1ccccc1NC(C#N)c1ccc(C)c(F)c1. The largest absolute Gasteiger partial charge is 0.495 e. The molecule has 2 rings (SSSR count). The van der Waals surface area contributed by atoms with Gasteiger partial charge in [0, 0.05) is 0 Å². The van der Waals surface area contributed by atoms with Crippen LogP contribution >= 0.6 is 0 Å². The summed E-state index contributed by atoms with van der Waals surface area (Å²) in [7, 11) is 1.56. The highest BCUT2D eigenvalue weighted by Crippen LogP contribution is 2.28. The van der Waals surface area contributed by atoms with Gasteiger partial charge in [-0.1, -0.05) is 24.3 Å². The highest BCUT2D eigenvalue weighted by Gasteiger charge is 2.14. The summed E-state index contributed by atoms with van der Waals surface area (Å²) in [6, 6.07) is 13.6. The van der Waals surface area contributed by atoms with Crippen molar-refractivity contribution >= 4 is 5.69 Å². The zero-order valence-electron chi connectivity index (χ0n) is 11.4. The number of hydrogen-bond acceptors (Lipinski definition) is 3. The number of halogens is 1. The van der Waals surface area contributed by atoms with Crippen LogP contribution in [0.25, 0.3) is 0 Å². The van der Waals surface area contributed by atoms with Crippen LogP contribution in [0.1, 0.15) is 17.2 Å². The maximum absolute atomic E-state index is 13.6. The van der Waals surface area contributed by atoms with Crippen LogP contribution in [0.4, 0.5) is 10.1 Å². The second-order valence-corrected chi connectivity index (χ2v) is 4.42. The number of benzene rings is 2. The van der Waals surface area contributed by atoms with E-state index in [9.17, 15) is 9.65 Å². The highest BCUT2D eigenvalue weighted by atomic mass is 19.1. The van der Waals surface area contributed by atoms with Gasteiger partial charge in [0.25, 0.3) is 0 Å². The summed E-state index contributed by atoms with van der Waals surface area (Å²) in [6.07, 6.45) is 0. The van der Waals surface area contributed by atoms with E-state index in [2.05, 4.69) is 11.4 Å². The van der Waals surface area contributed by atoms with Crippen molar-refractivity contribution in [2.45, 2.75) is 13.0 Å². The lowest BCUT2D eigenvalue weighted by atomic mass is 10.1. The molecule has 0 bridgehead atoms. The number of aryl methyl sites for hydroxylation is 1. The van der Waals surface area contributed by atoms with Crippen LogP contribution in [0.5, 0.6) is 5.75 Å². The van der Waals surface area contributed by atoms with Gasteiger partial charge in [-0.25, -0.2) is 4.39 Å². The summed E-state index contributed by atoms with van der Waals surface area (Å²) in [5.41, 5.74) is 1.84. The van der Waals surface area contributed by atoms with E-state index >= 15 is 0 Å².